The van der Waals surface area contributed by atoms with Crippen LogP contribution in [0.15, 0.2) is 18.2 Å². The van der Waals surface area contributed by atoms with Crippen LogP contribution in [0, 0.1) is 6.92 Å². The SMILES string of the molecule is CCOc1ccc(C)cc1CCCC(=O)NCCCC(=O)O. The van der Waals surface area contributed by atoms with Gasteiger partial charge in [0.2, 0.25) is 5.91 Å². The van der Waals surface area contributed by atoms with Crippen LogP contribution in [0.5, 0.6) is 5.75 Å². The van der Waals surface area contributed by atoms with Crippen molar-refractivity contribution in [3.8, 4) is 5.75 Å². The van der Waals surface area contributed by atoms with E-state index in [1.54, 1.807) is 0 Å². The van der Waals surface area contributed by atoms with E-state index in [1.807, 2.05) is 26.0 Å². The van der Waals surface area contributed by atoms with Gasteiger partial charge in [-0.15, -0.1) is 0 Å². The minimum absolute atomic E-state index is 0.0315. The van der Waals surface area contributed by atoms with Gasteiger partial charge in [0.15, 0.2) is 0 Å². The molecule has 0 unspecified atom stereocenters. The van der Waals surface area contributed by atoms with Crippen LogP contribution < -0.4 is 10.1 Å². The summed E-state index contributed by atoms with van der Waals surface area (Å²) in [5.74, 6) is 0.0168. The molecule has 0 heterocycles. The van der Waals surface area contributed by atoms with Crippen molar-refractivity contribution in [3.05, 3.63) is 29.3 Å². The molecule has 1 aromatic carbocycles. The van der Waals surface area contributed by atoms with E-state index in [0.29, 0.717) is 26.0 Å². The van der Waals surface area contributed by atoms with Crippen LogP contribution >= 0.6 is 0 Å². The molecule has 0 atom stereocenters. The zero-order valence-electron chi connectivity index (χ0n) is 13.4. The zero-order chi connectivity index (χ0) is 16.4. The molecule has 0 aliphatic carbocycles. The van der Waals surface area contributed by atoms with Crippen LogP contribution in [0.3, 0.4) is 0 Å². The van der Waals surface area contributed by atoms with E-state index in [1.165, 1.54) is 5.56 Å². The largest absolute Gasteiger partial charge is 0.494 e. The Morgan fingerprint density at radius 2 is 2.00 bits per heavy atom. The number of carbonyl (C=O) groups is 2. The lowest BCUT2D eigenvalue weighted by atomic mass is 10.0. The molecule has 0 saturated heterocycles. The molecule has 0 aromatic heterocycles. The minimum atomic E-state index is -0.836. The Kier molecular flexibility index (Phi) is 8.04. The van der Waals surface area contributed by atoms with Gasteiger partial charge in [0, 0.05) is 19.4 Å². The molecular formula is C17H25NO4. The standard InChI is InChI=1S/C17H25NO4/c1-3-22-15-10-9-13(2)12-14(15)6-4-7-16(19)18-11-5-8-17(20)21/h9-10,12H,3-8,11H2,1-2H3,(H,18,19)(H,20,21). The molecule has 2 N–H and O–H groups in total. The smallest absolute Gasteiger partial charge is 0.303 e. The van der Waals surface area contributed by atoms with Crippen LogP contribution in [0.4, 0.5) is 0 Å². The predicted octanol–water partition coefficient (Wildman–Crippen LogP) is 2.70. The van der Waals surface area contributed by atoms with Gasteiger partial charge in [0.1, 0.15) is 5.75 Å². The van der Waals surface area contributed by atoms with Crippen molar-refractivity contribution in [2.24, 2.45) is 0 Å². The highest BCUT2D eigenvalue weighted by atomic mass is 16.5. The number of aliphatic carboxylic acids is 1. The number of ether oxygens (including phenoxy) is 1. The van der Waals surface area contributed by atoms with E-state index in [0.717, 1.165) is 24.2 Å². The number of aryl methyl sites for hydroxylation is 2. The van der Waals surface area contributed by atoms with Gasteiger partial charge in [-0.1, -0.05) is 17.7 Å². The van der Waals surface area contributed by atoms with Crippen molar-refractivity contribution in [1.29, 1.82) is 0 Å². The first-order valence-corrected chi connectivity index (χ1v) is 7.73. The molecule has 5 nitrogen and oxygen atoms in total. The quantitative estimate of drug-likeness (QED) is 0.652. The Morgan fingerprint density at radius 1 is 1.23 bits per heavy atom. The maximum Gasteiger partial charge on any atom is 0.303 e. The lowest BCUT2D eigenvalue weighted by Gasteiger charge is -2.11. The number of carbonyl (C=O) groups excluding carboxylic acids is 1. The number of nitrogens with one attached hydrogen (secondary N) is 1. The lowest BCUT2D eigenvalue weighted by molar-refractivity contribution is -0.137. The van der Waals surface area contributed by atoms with Crippen LogP contribution in [0.25, 0.3) is 0 Å². The highest BCUT2D eigenvalue weighted by Gasteiger charge is 2.06. The molecule has 0 aliphatic heterocycles. The van der Waals surface area contributed by atoms with E-state index in [-0.39, 0.29) is 12.3 Å². The van der Waals surface area contributed by atoms with Gasteiger partial charge in [-0.2, -0.15) is 0 Å². The minimum Gasteiger partial charge on any atom is -0.494 e. The van der Waals surface area contributed by atoms with Gasteiger partial charge >= 0.3 is 5.97 Å². The van der Waals surface area contributed by atoms with Crippen molar-refractivity contribution < 1.29 is 19.4 Å². The third-order valence-electron chi connectivity index (χ3n) is 3.26. The first-order valence-electron chi connectivity index (χ1n) is 7.73. The number of rotatable bonds is 10. The fraction of sp³-hybridized carbons (Fsp3) is 0.529. The lowest BCUT2D eigenvalue weighted by Crippen LogP contribution is -2.24. The molecule has 122 valence electrons. The summed E-state index contributed by atoms with van der Waals surface area (Å²) in [7, 11) is 0. The normalized spacial score (nSPS) is 10.3. The molecule has 1 aromatic rings. The number of carboxylic acids is 1. The Bertz CT molecular complexity index is 499. The van der Waals surface area contributed by atoms with Gasteiger partial charge in [0.05, 0.1) is 6.61 Å². The average molecular weight is 307 g/mol. The summed E-state index contributed by atoms with van der Waals surface area (Å²) in [6, 6.07) is 6.08. The van der Waals surface area contributed by atoms with Crippen molar-refractivity contribution in [2.45, 2.75) is 46.0 Å². The maximum atomic E-state index is 11.7. The van der Waals surface area contributed by atoms with Gasteiger partial charge in [-0.05, 0) is 44.7 Å². The van der Waals surface area contributed by atoms with Crippen LogP contribution in [-0.2, 0) is 16.0 Å². The van der Waals surface area contributed by atoms with E-state index in [9.17, 15) is 9.59 Å². The number of carboxylic acid groups (broad SMARTS) is 1. The third-order valence-corrected chi connectivity index (χ3v) is 3.26. The van der Waals surface area contributed by atoms with E-state index in [4.69, 9.17) is 9.84 Å². The average Bonchev–Trinajstić information content (AvgIpc) is 2.46. The summed E-state index contributed by atoms with van der Waals surface area (Å²) in [5.41, 5.74) is 2.30. The first-order chi connectivity index (χ1) is 10.5. The summed E-state index contributed by atoms with van der Waals surface area (Å²) in [5, 5.41) is 11.3. The second kappa shape index (κ2) is 9.82. The molecule has 0 radical (unpaired) electrons. The molecule has 0 saturated carbocycles. The van der Waals surface area contributed by atoms with Gasteiger partial charge < -0.3 is 15.2 Å². The Morgan fingerprint density at radius 3 is 2.68 bits per heavy atom. The molecule has 0 spiro atoms. The summed E-state index contributed by atoms with van der Waals surface area (Å²) in [6.45, 7) is 5.03. The third kappa shape index (κ3) is 7.11. The Labute approximate surface area is 131 Å². The second-order valence-corrected chi connectivity index (χ2v) is 5.24. The second-order valence-electron chi connectivity index (χ2n) is 5.24. The topological polar surface area (TPSA) is 75.6 Å². The van der Waals surface area contributed by atoms with E-state index >= 15 is 0 Å². The molecule has 5 heteroatoms. The monoisotopic (exact) mass is 307 g/mol. The zero-order valence-corrected chi connectivity index (χ0v) is 13.4. The van der Waals surface area contributed by atoms with Gasteiger partial charge in [0.25, 0.3) is 0 Å². The van der Waals surface area contributed by atoms with E-state index < -0.39 is 5.97 Å². The van der Waals surface area contributed by atoms with E-state index in [2.05, 4.69) is 11.4 Å². The Hall–Kier alpha value is -2.04. The molecule has 0 fully saturated rings. The summed E-state index contributed by atoms with van der Waals surface area (Å²) in [6.07, 6.45) is 2.52. The Balaban J connectivity index is 2.32. The van der Waals surface area contributed by atoms with Crippen molar-refractivity contribution in [2.75, 3.05) is 13.2 Å². The molecule has 22 heavy (non-hydrogen) atoms. The molecule has 0 bridgehead atoms. The van der Waals surface area contributed by atoms with Crippen LogP contribution in [-0.4, -0.2) is 30.1 Å². The van der Waals surface area contributed by atoms with Crippen molar-refractivity contribution in [3.63, 3.8) is 0 Å². The van der Waals surface area contributed by atoms with Crippen molar-refractivity contribution in [1.82, 2.24) is 5.32 Å². The summed E-state index contributed by atoms with van der Waals surface area (Å²) < 4.78 is 5.60. The van der Waals surface area contributed by atoms with Crippen LogP contribution in [0.2, 0.25) is 0 Å². The number of amides is 1. The molecule has 0 aliphatic rings. The van der Waals surface area contributed by atoms with Gasteiger partial charge in [-0.25, -0.2) is 0 Å². The molecule has 1 amide bonds. The maximum absolute atomic E-state index is 11.7. The predicted molar refractivity (Wildman–Crippen MR) is 85.2 cm³/mol. The fourth-order valence-corrected chi connectivity index (χ4v) is 2.20. The fourth-order valence-electron chi connectivity index (χ4n) is 2.20. The van der Waals surface area contributed by atoms with Gasteiger partial charge in [-0.3, -0.25) is 9.59 Å². The highest BCUT2D eigenvalue weighted by Crippen LogP contribution is 2.22. The molecular weight excluding hydrogens is 282 g/mol. The highest BCUT2D eigenvalue weighted by molar-refractivity contribution is 5.75. The summed E-state index contributed by atoms with van der Waals surface area (Å²) >= 11 is 0. The number of benzene rings is 1. The first kappa shape index (κ1) is 18.0. The summed E-state index contributed by atoms with van der Waals surface area (Å²) in [4.78, 5) is 22.0. The van der Waals surface area contributed by atoms with Crippen molar-refractivity contribution >= 4 is 11.9 Å². The van der Waals surface area contributed by atoms with Crippen LogP contribution in [0.1, 0.15) is 43.7 Å². The number of hydrogen-bond donors (Lipinski definition) is 2. The molecule has 1 rings (SSSR count). The number of hydrogen-bond acceptors (Lipinski definition) is 3.